The minimum absolute atomic E-state index is 0.257. The van der Waals surface area contributed by atoms with Gasteiger partial charge in [0.05, 0.1) is 12.9 Å². The monoisotopic (exact) mass is 444 g/mol. The molecule has 1 aromatic rings. The predicted octanol–water partition coefficient (Wildman–Crippen LogP) is 5.10. The molecule has 1 heterocycles. The van der Waals surface area contributed by atoms with Gasteiger partial charge in [0.15, 0.2) is 0 Å². The molecular formula is C22H40N2O5S. The van der Waals surface area contributed by atoms with Gasteiger partial charge in [0, 0.05) is 35.5 Å². The molecule has 0 aliphatic carbocycles. The van der Waals surface area contributed by atoms with E-state index in [0.29, 0.717) is 5.25 Å². The van der Waals surface area contributed by atoms with Gasteiger partial charge in [-0.05, 0) is 6.42 Å². The van der Waals surface area contributed by atoms with Gasteiger partial charge in [-0.3, -0.25) is 0 Å². The van der Waals surface area contributed by atoms with Gasteiger partial charge in [-0.2, -0.15) is 0 Å². The van der Waals surface area contributed by atoms with Crippen LogP contribution in [0.15, 0.2) is 18.7 Å². The lowest BCUT2D eigenvalue weighted by molar-refractivity contribution is -0.159. The second-order valence-electron chi connectivity index (χ2n) is 8.27. The summed E-state index contributed by atoms with van der Waals surface area (Å²) in [6, 6.07) is 0. The van der Waals surface area contributed by atoms with Crippen molar-refractivity contribution >= 4 is 23.7 Å². The van der Waals surface area contributed by atoms with Crippen LogP contribution in [0.25, 0.3) is 0 Å². The largest absolute Gasteiger partial charge is 0.473 e. The summed E-state index contributed by atoms with van der Waals surface area (Å²) in [6.45, 7) is 11.8. The molecule has 1 atom stereocenters. The third-order valence-corrected chi connectivity index (χ3v) is 5.45. The summed E-state index contributed by atoms with van der Waals surface area (Å²) in [5.41, 5.74) is 0. The number of hydrogen-bond acceptors (Lipinski definition) is 5. The highest BCUT2D eigenvalue weighted by atomic mass is 32.2. The van der Waals surface area contributed by atoms with Crippen LogP contribution in [0.1, 0.15) is 79.1 Å². The maximum Gasteiger partial charge on any atom is 0.414 e. The Labute approximate surface area is 185 Å². The lowest BCUT2D eigenvalue weighted by Gasteiger charge is -2.26. The standard InChI is InChI=1S/C20H38N2OS.C2H2O4/c1-5-6-7-8-9-10-11-12-15-23-17-19(24-20(2,3)4)16-22-14-13-21-18-22;3-1(4)2(5)6/h13-14,18-19H,5-12,15-17H2,1-4H3;(H,3,4)(H,5,6). The first-order valence-electron chi connectivity index (χ1n) is 10.8. The summed E-state index contributed by atoms with van der Waals surface area (Å²) in [5, 5.41) is 15.3. The fraction of sp³-hybridized carbons (Fsp3) is 0.773. The Bertz CT molecular complexity index is 546. The normalized spacial score (nSPS) is 12.1. The van der Waals surface area contributed by atoms with Gasteiger partial charge in [-0.25, -0.2) is 14.6 Å². The van der Waals surface area contributed by atoms with Gasteiger partial charge in [0.25, 0.3) is 0 Å². The zero-order chi connectivity index (χ0) is 22.8. The number of aliphatic carboxylic acids is 2. The number of carboxylic acids is 2. The van der Waals surface area contributed by atoms with Crippen LogP contribution in [0.4, 0.5) is 0 Å². The SMILES string of the molecule is CCCCCCCCCCOCC(Cn1ccnc1)SC(C)(C)C.O=C(O)C(=O)O. The van der Waals surface area contributed by atoms with Gasteiger partial charge >= 0.3 is 11.9 Å². The molecule has 1 unspecified atom stereocenters. The number of imidazole rings is 1. The maximum absolute atomic E-state index is 9.10. The summed E-state index contributed by atoms with van der Waals surface area (Å²) in [6.07, 6.45) is 16.6. The fourth-order valence-corrected chi connectivity index (χ4v) is 4.22. The third kappa shape index (κ3) is 18.5. The lowest BCUT2D eigenvalue weighted by atomic mass is 10.1. The number of ether oxygens (including phenoxy) is 1. The molecule has 30 heavy (non-hydrogen) atoms. The van der Waals surface area contributed by atoms with Crippen molar-refractivity contribution in [3.63, 3.8) is 0 Å². The van der Waals surface area contributed by atoms with Gasteiger partial charge in [-0.1, -0.05) is 72.6 Å². The molecule has 0 bridgehead atoms. The minimum atomic E-state index is -1.82. The second-order valence-corrected chi connectivity index (χ2v) is 10.4. The molecule has 0 aliphatic heterocycles. The van der Waals surface area contributed by atoms with Crippen molar-refractivity contribution in [1.82, 2.24) is 9.55 Å². The summed E-state index contributed by atoms with van der Waals surface area (Å²) >= 11 is 2.01. The number of hydrogen-bond donors (Lipinski definition) is 2. The highest BCUT2D eigenvalue weighted by Gasteiger charge is 2.20. The molecule has 174 valence electrons. The fourth-order valence-electron chi connectivity index (χ4n) is 2.81. The van der Waals surface area contributed by atoms with Crippen LogP contribution in [0.3, 0.4) is 0 Å². The number of carbonyl (C=O) groups is 2. The molecule has 0 radical (unpaired) electrons. The molecule has 1 rings (SSSR count). The molecule has 0 fully saturated rings. The molecule has 8 heteroatoms. The summed E-state index contributed by atoms with van der Waals surface area (Å²) in [5.74, 6) is -3.65. The quantitative estimate of drug-likeness (QED) is 0.304. The van der Waals surface area contributed by atoms with E-state index < -0.39 is 11.9 Å². The Morgan fingerprint density at radius 3 is 2.07 bits per heavy atom. The van der Waals surface area contributed by atoms with Crippen molar-refractivity contribution in [1.29, 1.82) is 0 Å². The van der Waals surface area contributed by atoms with Crippen LogP contribution in [0.2, 0.25) is 0 Å². The number of carboxylic acid groups (broad SMARTS) is 2. The highest BCUT2D eigenvalue weighted by molar-refractivity contribution is 8.01. The van der Waals surface area contributed by atoms with Crippen molar-refractivity contribution in [2.45, 2.75) is 95.6 Å². The van der Waals surface area contributed by atoms with Crippen LogP contribution in [0.5, 0.6) is 0 Å². The van der Waals surface area contributed by atoms with E-state index in [-0.39, 0.29) is 4.75 Å². The van der Waals surface area contributed by atoms with Gasteiger partial charge in [0.2, 0.25) is 0 Å². The first kappa shape index (κ1) is 28.5. The lowest BCUT2D eigenvalue weighted by Crippen LogP contribution is -2.24. The van der Waals surface area contributed by atoms with Crippen molar-refractivity contribution in [3.8, 4) is 0 Å². The predicted molar refractivity (Wildman–Crippen MR) is 122 cm³/mol. The number of thioether (sulfide) groups is 1. The van der Waals surface area contributed by atoms with E-state index >= 15 is 0 Å². The number of unbranched alkanes of at least 4 members (excludes halogenated alkanes) is 7. The summed E-state index contributed by atoms with van der Waals surface area (Å²) in [4.78, 5) is 22.3. The van der Waals surface area contributed by atoms with E-state index in [0.717, 1.165) is 19.8 Å². The van der Waals surface area contributed by atoms with Crippen LogP contribution < -0.4 is 0 Å². The van der Waals surface area contributed by atoms with Crippen LogP contribution in [0, 0.1) is 0 Å². The maximum atomic E-state index is 9.10. The highest BCUT2D eigenvalue weighted by Crippen LogP contribution is 2.29. The van der Waals surface area contributed by atoms with E-state index in [1.807, 2.05) is 30.5 Å². The smallest absolute Gasteiger partial charge is 0.414 e. The Kier molecular flexibility index (Phi) is 16.3. The first-order chi connectivity index (χ1) is 14.2. The molecule has 7 nitrogen and oxygen atoms in total. The van der Waals surface area contributed by atoms with Crippen LogP contribution >= 0.6 is 11.8 Å². The van der Waals surface area contributed by atoms with Gasteiger partial charge in [-0.15, -0.1) is 11.8 Å². The van der Waals surface area contributed by atoms with Crippen molar-refractivity contribution in [3.05, 3.63) is 18.7 Å². The Balaban J connectivity index is 0.00000122. The summed E-state index contributed by atoms with van der Waals surface area (Å²) in [7, 11) is 0. The second kappa shape index (κ2) is 17.2. The number of nitrogens with zero attached hydrogens (tertiary/aromatic N) is 2. The molecular weight excluding hydrogens is 404 g/mol. The molecule has 0 saturated carbocycles. The van der Waals surface area contributed by atoms with Crippen LogP contribution in [-0.2, 0) is 20.9 Å². The zero-order valence-electron chi connectivity index (χ0n) is 19.0. The van der Waals surface area contributed by atoms with Gasteiger partial charge < -0.3 is 19.5 Å². The van der Waals surface area contributed by atoms with Crippen LogP contribution in [-0.4, -0.2) is 54.9 Å². The molecule has 0 amide bonds. The summed E-state index contributed by atoms with van der Waals surface area (Å²) < 4.78 is 8.39. The molecule has 0 saturated heterocycles. The van der Waals surface area contributed by atoms with E-state index in [2.05, 4.69) is 37.2 Å². The average molecular weight is 445 g/mol. The van der Waals surface area contributed by atoms with E-state index in [4.69, 9.17) is 24.5 Å². The van der Waals surface area contributed by atoms with Crippen molar-refractivity contribution in [2.75, 3.05) is 13.2 Å². The minimum Gasteiger partial charge on any atom is -0.473 e. The average Bonchev–Trinajstić information content (AvgIpc) is 3.15. The van der Waals surface area contributed by atoms with E-state index in [9.17, 15) is 0 Å². The Morgan fingerprint density at radius 1 is 1.03 bits per heavy atom. The zero-order valence-corrected chi connectivity index (χ0v) is 19.8. The first-order valence-corrected chi connectivity index (χ1v) is 11.7. The van der Waals surface area contributed by atoms with Crippen molar-refractivity contribution in [2.24, 2.45) is 0 Å². The molecule has 1 aromatic heterocycles. The van der Waals surface area contributed by atoms with E-state index in [1.165, 1.54) is 51.4 Å². The third-order valence-electron chi connectivity index (χ3n) is 4.12. The van der Waals surface area contributed by atoms with E-state index in [1.54, 1.807) is 0 Å². The number of aromatic nitrogens is 2. The Morgan fingerprint density at radius 2 is 1.60 bits per heavy atom. The topological polar surface area (TPSA) is 102 Å². The Hall–Kier alpha value is -1.54. The number of rotatable bonds is 14. The molecule has 0 aliphatic rings. The van der Waals surface area contributed by atoms with Gasteiger partial charge in [0.1, 0.15) is 0 Å². The molecule has 0 spiro atoms. The van der Waals surface area contributed by atoms with Crippen molar-refractivity contribution < 1.29 is 24.5 Å². The molecule has 0 aromatic carbocycles. The molecule has 2 N–H and O–H groups in total.